The van der Waals surface area contributed by atoms with Crippen molar-refractivity contribution in [3.8, 4) is 11.5 Å². The van der Waals surface area contributed by atoms with Crippen LogP contribution < -0.4 is 14.8 Å². The SMILES string of the molecule is CCOc1cccc(CNCc2ccccc2)c1OCc1ccccc1F. The predicted octanol–water partition coefficient (Wildman–Crippen LogP) is 5.09. The van der Waals surface area contributed by atoms with Crippen LogP contribution >= 0.6 is 0 Å². The van der Waals surface area contributed by atoms with Gasteiger partial charge in [-0.2, -0.15) is 0 Å². The lowest BCUT2D eigenvalue weighted by Crippen LogP contribution is -2.14. The summed E-state index contributed by atoms with van der Waals surface area (Å²) in [5, 5.41) is 3.43. The molecule has 0 aromatic heterocycles. The van der Waals surface area contributed by atoms with Crippen LogP contribution in [0, 0.1) is 5.82 Å². The summed E-state index contributed by atoms with van der Waals surface area (Å²) in [6.07, 6.45) is 0. The van der Waals surface area contributed by atoms with Crippen LogP contribution in [0.5, 0.6) is 11.5 Å². The largest absolute Gasteiger partial charge is 0.490 e. The van der Waals surface area contributed by atoms with E-state index in [0.29, 0.717) is 30.2 Å². The zero-order chi connectivity index (χ0) is 18.9. The zero-order valence-corrected chi connectivity index (χ0v) is 15.5. The van der Waals surface area contributed by atoms with Gasteiger partial charge in [-0.1, -0.05) is 60.7 Å². The zero-order valence-electron chi connectivity index (χ0n) is 15.5. The minimum absolute atomic E-state index is 0.155. The molecule has 140 valence electrons. The molecule has 3 aromatic rings. The molecule has 1 N–H and O–H groups in total. The van der Waals surface area contributed by atoms with E-state index in [9.17, 15) is 4.39 Å². The first-order valence-corrected chi connectivity index (χ1v) is 9.13. The molecule has 3 rings (SSSR count). The number of hydrogen-bond donors (Lipinski definition) is 1. The van der Waals surface area contributed by atoms with E-state index in [1.807, 2.05) is 43.3 Å². The van der Waals surface area contributed by atoms with Crippen LogP contribution in [-0.4, -0.2) is 6.61 Å². The number of nitrogens with one attached hydrogen (secondary N) is 1. The second-order valence-electron chi connectivity index (χ2n) is 6.15. The van der Waals surface area contributed by atoms with Crippen LogP contribution in [0.4, 0.5) is 4.39 Å². The fourth-order valence-electron chi connectivity index (χ4n) is 2.84. The fourth-order valence-corrected chi connectivity index (χ4v) is 2.84. The predicted molar refractivity (Wildman–Crippen MR) is 105 cm³/mol. The van der Waals surface area contributed by atoms with Crippen molar-refractivity contribution in [1.29, 1.82) is 0 Å². The third-order valence-corrected chi connectivity index (χ3v) is 4.18. The average molecular weight is 365 g/mol. The Morgan fingerprint density at radius 2 is 1.52 bits per heavy atom. The lowest BCUT2D eigenvalue weighted by atomic mass is 10.1. The summed E-state index contributed by atoms with van der Waals surface area (Å²) in [7, 11) is 0. The molecule has 3 aromatic carbocycles. The number of hydrogen-bond acceptors (Lipinski definition) is 3. The summed E-state index contributed by atoms with van der Waals surface area (Å²) in [5.41, 5.74) is 2.72. The van der Waals surface area contributed by atoms with Crippen molar-refractivity contribution < 1.29 is 13.9 Å². The number of ether oxygens (including phenoxy) is 2. The van der Waals surface area contributed by atoms with Gasteiger partial charge in [-0.15, -0.1) is 0 Å². The van der Waals surface area contributed by atoms with Gasteiger partial charge in [0.25, 0.3) is 0 Å². The minimum atomic E-state index is -0.268. The average Bonchev–Trinajstić information content (AvgIpc) is 2.70. The topological polar surface area (TPSA) is 30.5 Å². The molecule has 0 spiro atoms. The Balaban J connectivity index is 1.72. The summed E-state index contributed by atoms with van der Waals surface area (Å²) in [6, 6.07) is 22.7. The molecule has 3 nitrogen and oxygen atoms in total. The summed E-state index contributed by atoms with van der Waals surface area (Å²) in [6.45, 7) is 4.01. The maximum atomic E-state index is 13.9. The summed E-state index contributed by atoms with van der Waals surface area (Å²) in [5.74, 6) is 1.06. The van der Waals surface area contributed by atoms with Gasteiger partial charge in [0.15, 0.2) is 11.5 Å². The van der Waals surface area contributed by atoms with Gasteiger partial charge in [0.2, 0.25) is 0 Å². The van der Waals surface area contributed by atoms with Crippen LogP contribution in [-0.2, 0) is 19.7 Å². The Bertz CT molecular complexity index is 852. The van der Waals surface area contributed by atoms with Gasteiger partial charge in [0, 0.05) is 24.2 Å². The second kappa shape index (κ2) is 9.74. The number of halogens is 1. The Morgan fingerprint density at radius 1 is 0.778 bits per heavy atom. The first-order valence-electron chi connectivity index (χ1n) is 9.13. The van der Waals surface area contributed by atoms with Crippen molar-refractivity contribution in [3.63, 3.8) is 0 Å². The third-order valence-electron chi connectivity index (χ3n) is 4.18. The van der Waals surface area contributed by atoms with Gasteiger partial charge in [-0.25, -0.2) is 4.39 Å². The van der Waals surface area contributed by atoms with E-state index >= 15 is 0 Å². The Hall–Kier alpha value is -2.85. The van der Waals surface area contributed by atoms with Gasteiger partial charge < -0.3 is 14.8 Å². The molecule has 0 atom stereocenters. The molecule has 0 amide bonds. The molecule has 0 saturated heterocycles. The second-order valence-corrected chi connectivity index (χ2v) is 6.15. The lowest BCUT2D eigenvalue weighted by molar-refractivity contribution is 0.262. The minimum Gasteiger partial charge on any atom is -0.490 e. The number of rotatable bonds is 9. The molecular formula is C23H24FNO2. The molecule has 0 fully saturated rings. The van der Waals surface area contributed by atoms with Gasteiger partial charge in [-0.05, 0) is 24.6 Å². The highest BCUT2D eigenvalue weighted by Gasteiger charge is 2.12. The molecular weight excluding hydrogens is 341 g/mol. The molecule has 0 aliphatic heterocycles. The van der Waals surface area contributed by atoms with Crippen LogP contribution in [0.2, 0.25) is 0 Å². The van der Waals surface area contributed by atoms with Crippen molar-refractivity contribution in [3.05, 3.63) is 95.3 Å². The van der Waals surface area contributed by atoms with Crippen molar-refractivity contribution in [2.24, 2.45) is 0 Å². The van der Waals surface area contributed by atoms with E-state index in [1.54, 1.807) is 18.2 Å². The third kappa shape index (κ3) is 5.31. The van der Waals surface area contributed by atoms with Crippen molar-refractivity contribution in [2.75, 3.05) is 6.61 Å². The normalized spacial score (nSPS) is 10.6. The van der Waals surface area contributed by atoms with E-state index in [4.69, 9.17) is 9.47 Å². The molecule has 0 saturated carbocycles. The van der Waals surface area contributed by atoms with Gasteiger partial charge in [-0.3, -0.25) is 0 Å². The summed E-state index contributed by atoms with van der Waals surface area (Å²) in [4.78, 5) is 0. The van der Waals surface area contributed by atoms with E-state index in [2.05, 4.69) is 17.4 Å². The molecule has 4 heteroatoms. The highest BCUT2D eigenvalue weighted by molar-refractivity contribution is 5.47. The van der Waals surface area contributed by atoms with Crippen molar-refractivity contribution >= 4 is 0 Å². The maximum absolute atomic E-state index is 13.9. The monoisotopic (exact) mass is 365 g/mol. The number of para-hydroxylation sites is 1. The fraction of sp³-hybridized carbons (Fsp3) is 0.217. The van der Waals surface area contributed by atoms with Crippen LogP contribution in [0.1, 0.15) is 23.6 Å². The summed E-state index contributed by atoms with van der Waals surface area (Å²) >= 11 is 0. The molecule has 0 aliphatic rings. The first kappa shape index (κ1) is 18.9. The molecule has 0 radical (unpaired) electrons. The van der Waals surface area contributed by atoms with Crippen LogP contribution in [0.3, 0.4) is 0 Å². The standard InChI is InChI=1S/C23H24FNO2/c1-2-26-22-14-8-12-19(16-25-15-18-9-4-3-5-10-18)23(22)27-17-20-11-6-7-13-21(20)24/h3-14,25H,2,15-17H2,1H3. The maximum Gasteiger partial charge on any atom is 0.166 e. The van der Waals surface area contributed by atoms with Crippen LogP contribution in [0.15, 0.2) is 72.8 Å². The first-order chi connectivity index (χ1) is 13.3. The molecule has 27 heavy (non-hydrogen) atoms. The Morgan fingerprint density at radius 3 is 2.30 bits per heavy atom. The molecule has 0 aliphatic carbocycles. The van der Waals surface area contributed by atoms with E-state index < -0.39 is 0 Å². The van der Waals surface area contributed by atoms with Gasteiger partial charge in [0.05, 0.1) is 6.61 Å². The highest BCUT2D eigenvalue weighted by atomic mass is 19.1. The quantitative estimate of drug-likeness (QED) is 0.573. The summed E-state index contributed by atoms with van der Waals surface area (Å²) < 4.78 is 25.6. The smallest absolute Gasteiger partial charge is 0.166 e. The Labute approximate surface area is 159 Å². The molecule has 0 bridgehead atoms. The van der Waals surface area contributed by atoms with Crippen molar-refractivity contribution in [1.82, 2.24) is 5.32 Å². The highest BCUT2D eigenvalue weighted by Crippen LogP contribution is 2.32. The Kier molecular flexibility index (Phi) is 6.83. The van der Waals surface area contributed by atoms with Crippen molar-refractivity contribution in [2.45, 2.75) is 26.6 Å². The van der Waals surface area contributed by atoms with Crippen LogP contribution in [0.25, 0.3) is 0 Å². The van der Waals surface area contributed by atoms with Gasteiger partial charge >= 0.3 is 0 Å². The molecule has 0 unspecified atom stereocenters. The van der Waals surface area contributed by atoms with E-state index in [1.165, 1.54) is 11.6 Å². The van der Waals surface area contributed by atoms with E-state index in [-0.39, 0.29) is 12.4 Å². The van der Waals surface area contributed by atoms with Gasteiger partial charge in [0.1, 0.15) is 12.4 Å². The number of benzene rings is 3. The van der Waals surface area contributed by atoms with E-state index in [0.717, 1.165) is 12.1 Å². The molecule has 0 heterocycles. The lowest BCUT2D eigenvalue weighted by Gasteiger charge is -2.17.